The Balaban J connectivity index is 2.59. The van der Waals surface area contributed by atoms with Gasteiger partial charge in [-0.3, -0.25) is 10.1 Å². The van der Waals surface area contributed by atoms with Crippen LogP contribution in [0.1, 0.15) is 6.92 Å². The summed E-state index contributed by atoms with van der Waals surface area (Å²) in [7, 11) is 0. The van der Waals surface area contributed by atoms with E-state index in [-0.39, 0.29) is 5.91 Å². The molecule has 1 N–H and O–H groups in total. The minimum Gasteiger partial charge on any atom is -0.291 e. The predicted molar refractivity (Wildman–Crippen MR) is 45.5 cm³/mol. The van der Waals surface area contributed by atoms with Gasteiger partial charge < -0.3 is 0 Å². The van der Waals surface area contributed by atoms with Gasteiger partial charge in [-0.25, -0.2) is 9.97 Å². The van der Waals surface area contributed by atoms with Gasteiger partial charge in [-0.15, -0.1) is 0 Å². The third-order valence-electron chi connectivity index (χ3n) is 1.12. The van der Waals surface area contributed by atoms with E-state index >= 15 is 0 Å². The molecule has 1 aromatic rings. The molecule has 12 heavy (non-hydrogen) atoms. The number of hydrogen-bond donors (Lipinski definition) is 1. The van der Waals surface area contributed by atoms with Crippen molar-refractivity contribution >= 4 is 11.9 Å². The molecule has 1 aromatic heterocycles. The molecule has 0 aromatic carbocycles. The third kappa shape index (κ3) is 2.49. The van der Waals surface area contributed by atoms with E-state index in [1.54, 1.807) is 31.5 Å². The summed E-state index contributed by atoms with van der Waals surface area (Å²) in [5.41, 5.74) is 0. The SMILES string of the molecule is C/C=C/C(=O)Nc1ncccn1. The summed E-state index contributed by atoms with van der Waals surface area (Å²) < 4.78 is 0. The first-order valence-corrected chi connectivity index (χ1v) is 3.53. The van der Waals surface area contributed by atoms with Gasteiger partial charge in [0.05, 0.1) is 0 Å². The molecule has 0 aliphatic rings. The minimum atomic E-state index is -0.219. The van der Waals surface area contributed by atoms with Crippen LogP contribution in [0.25, 0.3) is 0 Å². The van der Waals surface area contributed by atoms with Crippen LogP contribution in [0.2, 0.25) is 0 Å². The standard InChI is InChI=1S/C8H9N3O/c1-2-4-7(12)11-8-9-5-3-6-10-8/h2-6H,1H3,(H,9,10,11,12)/b4-2+. The molecular formula is C8H9N3O. The number of anilines is 1. The molecule has 62 valence electrons. The van der Waals surface area contributed by atoms with Crippen molar-refractivity contribution in [1.82, 2.24) is 9.97 Å². The van der Waals surface area contributed by atoms with Crippen molar-refractivity contribution in [2.45, 2.75) is 6.92 Å². The molecule has 4 heteroatoms. The van der Waals surface area contributed by atoms with E-state index in [0.29, 0.717) is 5.95 Å². The highest BCUT2D eigenvalue weighted by atomic mass is 16.1. The zero-order valence-corrected chi connectivity index (χ0v) is 6.69. The second kappa shape index (κ2) is 4.23. The number of aromatic nitrogens is 2. The van der Waals surface area contributed by atoms with Crippen LogP contribution in [0.15, 0.2) is 30.6 Å². The first-order chi connectivity index (χ1) is 5.83. The fraction of sp³-hybridized carbons (Fsp3) is 0.125. The maximum absolute atomic E-state index is 10.9. The number of allylic oxidation sites excluding steroid dienone is 1. The van der Waals surface area contributed by atoms with Crippen molar-refractivity contribution < 1.29 is 4.79 Å². The lowest BCUT2D eigenvalue weighted by Crippen LogP contribution is -2.10. The number of carbonyl (C=O) groups is 1. The average Bonchev–Trinajstić information content (AvgIpc) is 2.06. The Labute approximate surface area is 70.4 Å². The Morgan fingerprint density at radius 2 is 2.17 bits per heavy atom. The summed E-state index contributed by atoms with van der Waals surface area (Å²) in [6.07, 6.45) is 6.20. The van der Waals surface area contributed by atoms with Crippen LogP contribution in [0.5, 0.6) is 0 Å². The van der Waals surface area contributed by atoms with Crippen molar-refractivity contribution in [3.8, 4) is 0 Å². The quantitative estimate of drug-likeness (QED) is 0.661. The number of nitrogens with zero attached hydrogens (tertiary/aromatic N) is 2. The van der Waals surface area contributed by atoms with Crippen molar-refractivity contribution in [2.75, 3.05) is 5.32 Å². The largest absolute Gasteiger partial charge is 0.291 e. The molecule has 0 aliphatic heterocycles. The Morgan fingerprint density at radius 1 is 1.50 bits per heavy atom. The number of hydrogen-bond acceptors (Lipinski definition) is 3. The Hall–Kier alpha value is -1.71. The lowest BCUT2D eigenvalue weighted by Gasteiger charge is -1.96. The number of amides is 1. The first-order valence-electron chi connectivity index (χ1n) is 3.53. The molecule has 4 nitrogen and oxygen atoms in total. The maximum atomic E-state index is 10.9. The summed E-state index contributed by atoms with van der Waals surface area (Å²) in [6.45, 7) is 1.77. The molecule has 0 bridgehead atoms. The number of nitrogens with one attached hydrogen (secondary N) is 1. The van der Waals surface area contributed by atoms with Gasteiger partial charge in [0, 0.05) is 12.4 Å². The summed E-state index contributed by atoms with van der Waals surface area (Å²) in [5, 5.41) is 2.49. The van der Waals surface area contributed by atoms with Crippen LogP contribution in [-0.4, -0.2) is 15.9 Å². The molecule has 1 amide bonds. The fourth-order valence-electron chi connectivity index (χ4n) is 0.667. The Kier molecular flexibility index (Phi) is 2.95. The molecule has 0 saturated heterocycles. The predicted octanol–water partition coefficient (Wildman–Crippen LogP) is 0.991. The van der Waals surface area contributed by atoms with E-state index in [0.717, 1.165) is 0 Å². The van der Waals surface area contributed by atoms with E-state index in [1.807, 2.05) is 0 Å². The van der Waals surface area contributed by atoms with E-state index in [1.165, 1.54) is 6.08 Å². The monoisotopic (exact) mass is 163 g/mol. The third-order valence-corrected chi connectivity index (χ3v) is 1.12. The lowest BCUT2D eigenvalue weighted by molar-refractivity contribution is -0.111. The van der Waals surface area contributed by atoms with E-state index in [9.17, 15) is 4.79 Å². The van der Waals surface area contributed by atoms with Gasteiger partial charge in [0.25, 0.3) is 0 Å². The van der Waals surface area contributed by atoms with Crippen molar-refractivity contribution in [1.29, 1.82) is 0 Å². The second-order valence-corrected chi connectivity index (χ2v) is 2.06. The summed E-state index contributed by atoms with van der Waals surface area (Å²) in [5.74, 6) is 0.101. The minimum absolute atomic E-state index is 0.219. The highest BCUT2D eigenvalue weighted by Gasteiger charge is 1.96. The van der Waals surface area contributed by atoms with Crippen LogP contribution < -0.4 is 5.32 Å². The van der Waals surface area contributed by atoms with Crippen molar-refractivity contribution in [2.24, 2.45) is 0 Å². The van der Waals surface area contributed by atoms with Crippen LogP contribution in [-0.2, 0) is 4.79 Å². The van der Waals surface area contributed by atoms with Gasteiger partial charge in [-0.2, -0.15) is 0 Å². The van der Waals surface area contributed by atoms with Gasteiger partial charge in [0.15, 0.2) is 0 Å². The van der Waals surface area contributed by atoms with Gasteiger partial charge in [0.1, 0.15) is 0 Å². The average molecular weight is 163 g/mol. The van der Waals surface area contributed by atoms with Crippen LogP contribution in [0.4, 0.5) is 5.95 Å². The van der Waals surface area contributed by atoms with Crippen LogP contribution >= 0.6 is 0 Å². The smallest absolute Gasteiger partial charge is 0.250 e. The van der Waals surface area contributed by atoms with E-state index in [4.69, 9.17) is 0 Å². The second-order valence-electron chi connectivity index (χ2n) is 2.06. The highest BCUT2D eigenvalue weighted by molar-refractivity contribution is 5.97. The summed E-state index contributed by atoms with van der Waals surface area (Å²) in [6, 6.07) is 1.69. The normalized spacial score (nSPS) is 10.1. The molecule has 0 spiro atoms. The topological polar surface area (TPSA) is 54.9 Å². The zero-order chi connectivity index (χ0) is 8.81. The maximum Gasteiger partial charge on any atom is 0.250 e. The van der Waals surface area contributed by atoms with Crippen LogP contribution in [0.3, 0.4) is 0 Å². The van der Waals surface area contributed by atoms with Gasteiger partial charge >= 0.3 is 0 Å². The van der Waals surface area contributed by atoms with Gasteiger partial charge in [-0.05, 0) is 19.1 Å². The molecule has 0 atom stereocenters. The summed E-state index contributed by atoms with van der Waals surface area (Å²) in [4.78, 5) is 18.6. The Bertz CT molecular complexity index is 282. The van der Waals surface area contributed by atoms with E-state index < -0.39 is 0 Å². The molecule has 0 saturated carbocycles. The molecule has 1 heterocycles. The molecule has 0 fully saturated rings. The number of rotatable bonds is 2. The molecule has 1 rings (SSSR count). The molecular weight excluding hydrogens is 154 g/mol. The molecule has 0 unspecified atom stereocenters. The highest BCUT2D eigenvalue weighted by Crippen LogP contribution is 1.93. The van der Waals surface area contributed by atoms with Crippen molar-refractivity contribution in [3.05, 3.63) is 30.6 Å². The lowest BCUT2D eigenvalue weighted by atomic mass is 10.5. The molecule has 0 radical (unpaired) electrons. The fourth-order valence-corrected chi connectivity index (χ4v) is 0.667. The van der Waals surface area contributed by atoms with Gasteiger partial charge in [-0.1, -0.05) is 6.08 Å². The van der Waals surface area contributed by atoms with E-state index in [2.05, 4.69) is 15.3 Å². The Morgan fingerprint density at radius 3 is 2.75 bits per heavy atom. The summed E-state index contributed by atoms with van der Waals surface area (Å²) >= 11 is 0. The zero-order valence-electron chi connectivity index (χ0n) is 6.69. The van der Waals surface area contributed by atoms with Crippen molar-refractivity contribution in [3.63, 3.8) is 0 Å². The van der Waals surface area contributed by atoms with Gasteiger partial charge in [0.2, 0.25) is 11.9 Å². The number of carbonyl (C=O) groups excluding carboxylic acids is 1. The first kappa shape index (κ1) is 8.39. The molecule has 0 aliphatic carbocycles. The van der Waals surface area contributed by atoms with Crippen LogP contribution in [0, 0.1) is 0 Å².